The van der Waals surface area contributed by atoms with Gasteiger partial charge in [0, 0.05) is 13.5 Å². The third-order valence-electron chi connectivity index (χ3n) is 7.58. The number of hydrogen-bond acceptors (Lipinski definition) is 11. The number of ether oxygens (including phenoxy) is 4. The minimum absolute atomic E-state index is 0.00324. The van der Waals surface area contributed by atoms with E-state index in [0.717, 1.165) is 77.0 Å². The van der Waals surface area contributed by atoms with Crippen LogP contribution in [0, 0.1) is 0 Å². The highest BCUT2D eigenvalue weighted by atomic mass is 32.3. The largest absolute Gasteiger partial charge is 0.458 e. The summed E-state index contributed by atoms with van der Waals surface area (Å²) >= 11 is 0. The van der Waals surface area contributed by atoms with Crippen LogP contribution in [0.2, 0.25) is 0 Å². The number of unbranched alkanes of at least 4 members (excludes halogenated alkanes) is 4. The molecule has 6 atom stereocenters. The average Bonchev–Trinajstić information content (AvgIpc) is 3.10. The molecule has 296 valence electrons. The number of rotatable bonds is 29. The number of aliphatic hydroxyl groups is 3. The van der Waals surface area contributed by atoms with Gasteiger partial charge in [-0.3, -0.25) is 9.35 Å². The maximum absolute atomic E-state index is 11.6. The second-order valence-electron chi connectivity index (χ2n) is 12.2. The first kappa shape index (κ1) is 47.3. The number of allylic oxidation sites excluding steroid dienone is 14. The van der Waals surface area contributed by atoms with Crippen LogP contribution in [-0.4, -0.2) is 97.5 Å². The smallest absolute Gasteiger partial charge is 0.397 e. The molecule has 1 saturated heterocycles. The third kappa shape index (κ3) is 25.3. The molecule has 1 aliphatic rings. The fourth-order valence-electron chi connectivity index (χ4n) is 4.94. The Morgan fingerprint density at radius 1 is 0.731 bits per heavy atom. The quantitative estimate of drug-likeness (QED) is 0.0296. The van der Waals surface area contributed by atoms with Crippen LogP contribution < -0.4 is 0 Å². The van der Waals surface area contributed by atoms with Gasteiger partial charge in [0.1, 0.15) is 30.5 Å². The van der Waals surface area contributed by atoms with Crippen LogP contribution in [0.5, 0.6) is 0 Å². The fraction of sp³-hybridized carbons (Fsp3) is 0.615. The first-order valence-corrected chi connectivity index (χ1v) is 19.6. The lowest BCUT2D eigenvalue weighted by molar-refractivity contribution is -0.301. The number of hydrogen-bond donors (Lipinski definition) is 4. The van der Waals surface area contributed by atoms with Gasteiger partial charge >= 0.3 is 16.4 Å². The number of carbonyl (C=O) groups excluding carboxylic acids is 1. The van der Waals surface area contributed by atoms with Crippen molar-refractivity contribution in [2.75, 3.05) is 26.4 Å². The molecule has 13 heteroatoms. The lowest BCUT2D eigenvalue weighted by Crippen LogP contribution is -2.60. The topological polar surface area (TPSA) is 178 Å². The molecule has 0 radical (unpaired) electrons. The highest BCUT2D eigenvalue weighted by molar-refractivity contribution is 7.80. The van der Waals surface area contributed by atoms with E-state index in [2.05, 4.69) is 96.2 Å². The highest BCUT2D eigenvalue weighted by Gasteiger charge is 2.48. The highest BCUT2D eigenvalue weighted by Crippen LogP contribution is 2.25. The molecule has 4 N–H and O–H groups in total. The first-order chi connectivity index (χ1) is 25.1. The van der Waals surface area contributed by atoms with Crippen LogP contribution >= 0.6 is 0 Å². The van der Waals surface area contributed by atoms with Crippen LogP contribution in [0.25, 0.3) is 0 Å². The van der Waals surface area contributed by atoms with Crippen LogP contribution in [0.3, 0.4) is 0 Å². The summed E-state index contributed by atoms with van der Waals surface area (Å²) in [5, 5.41) is 30.0. The van der Waals surface area contributed by atoms with Crippen molar-refractivity contribution in [2.45, 2.75) is 128 Å². The van der Waals surface area contributed by atoms with Gasteiger partial charge in [0.15, 0.2) is 6.29 Å². The maximum Gasteiger partial charge on any atom is 0.397 e. The van der Waals surface area contributed by atoms with Crippen molar-refractivity contribution in [1.82, 2.24) is 0 Å². The minimum Gasteiger partial charge on any atom is -0.458 e. The van der Waals surface area contributed by atoms with Crippen LogP contribution in [0.15, 0.2) is 85.1 Å². The molecule has 6 unspecified atom stereocenters. The summed E-state index contributed by atoms with van der Waals surface area (Å²) in [6, 6.07) is 0. The average molecular weight is 755 g/mol. The molecule has 12 nitrogen and oxygen atoms in total. The minimum atomic E-state index is -5.05. The molecule has 0 aromatic rings. The predicted molar refractivity (Wildman–Crippen MR) is 202 cm³/mol. The molecule has 1 heterocycles. The van der Waals surface area contributed by atoms with E-state index in [1.54, 1.807) is 0 Å². The van der Waals surface area contributed by atoms with Gasteiger partial charge < -0.3 is 34.3 Å². The lowest BCUT2D eigenvalue weighted by atomic mass is 9.99. The van der Waals surface area contributed by atoms with E-state index in [1.807, 2.05) is 0 Å². The van der Waals surface area contributed by atoms with Gasteiger partial charge in [-0.25, -0.2) is 4.18 Å². The maximum atomic E-state index is 11.6. The molecule has 0 aromatic heterocycles. The molecule has 1 fully saturated rings. The SMILES string of the molecule is CC/C=C\C/C=C\C/C=C\C/C=C\C/C=C\C/C=C\C/C=C\CCCCCCOCC(COC1OC(CO)C(O)C(OS(=O)(=O)O)C1O)OC(C)=O. The Kier molecular flexibility index (Phi) is 27.9. The molecule has 0 aliphatic carbocycles. The summed E-state index contributed by atoms with van der Waals surface area (Å²) in [5.74, 6) is -0.590. The van der Waals surface area contributed by atoms with Crippen LogP contribution in [0.4, 0.5) is 0 Å². The first-order valence-electron chi connectivity index (χ1n) is 18.3. The van der Waals surface area contributed by atoms with Gasteiger partial charge in [-0.05, 0) is 64.2 Å². The van der Waals surface area contributed by atoms with Gasteiger partial charge in [0.2, 0.25) is 0 Å². The van der Waals surface area contributed by atoms with Gasteiger partial charge in [-0.1, -0.05) is 105 Å². The molecule has 0 aromatic carbocycles. The van der Waals surface area contributed by atoms with Crippen molar-refractivity contribution in [1.29, 1.82) is 0 Å². The van der Waals surface area contributed by atoms with Crippen molar-refractivity contribution in [3.8, 4) is 0 Å². The summed E-state index contributed by atoms with van der Waals surface area (Å²) in [6.45, 7) is 2.73. The molecular weight excluding hydrogens is 692 g/mol. The Morgan fingerprint density at radius 2 is 1.23 bits per heavy atom. The summed E-state index contributed by atoms with van der Waals surface area (Å²) in [4.78, 5) is 11.6. The summed E-state index contributed by atoms with van der Waals surface area (Å²) in [5.41, 5.74) is 0. The molecule has 1 aliphatic heterocycles. The van der Waals surface area contributed by atoms with Gasteiger partial charge in [-0.2, -0.15) is 8.42 Å². The Morgan fingerprint density at radius 3 is 1.71 bits per heavy atom. The van der Waals surface area contributed by atoms with E-state index in [4.69, 9.17) is 23.5 Å². The number of carbonyl (C=O) groups is 1. The Hall–Kier alpha value is -2.72. The van der Waals surface area contributed by atoms with Gasteiger partial charge in [0.05, 0.1) is 19.8 Å². The summed E-state index contributed by atoms with van der Waals surface area (Å²) < 4.78 is 57.3. The Bertz CT molecular complexity index is 1240. The van der Waals surface area contributed by atoms with Crippen molar-refractivity contribution < 1.29 is 56.2 Å². The zero-order chi connectivity index (χ0) is 38.3. The van der Waals surface area contributed by atoms with Crippen molar-refractivity contribution in [2.24, 2.45) is 0 Å². The Balaban J connectivity index is 2.14. The molecule has 0 saturated carbocycles. The normalized spacial score (nSPS) is 22.5. The van der Waals surface area contributed by atoms with E-state index in [-0.39, 0.29) is 13.2 Å². The van der Waals surface area contributed by atoms with E-state index >= 15 is 0 Å². The molecule has 1 rings (SSSR count). The standard InChI is InChI=1S/C39H62O12S/c1-3-4-5-6-7-8-9-10-11-12-13-14-15-16-17-18-19-20-21-22-23-24-25-26-27-28-29-47-31-34(49-33(2)41)32-48-39-37(43)38(51-52(44,45)46)36(42)35(30-40)50-39/h4-5,7-8,10-11,13-14,16-17,19-20,22-23,34-40,42-43H,3,6,9,12,15,18,21,24-32H2,1-2H3,(H,44,45,46)/b5-4-,8-7-,11-10-,14-13-,17-16-,20-19-,23-22-. The molecule has 0 spiro atoms. The Labute approximate surface area is 311 Å². The van der Waals surface area contributed by atoms with Crippen molar-refractivity contribution in [3.63, 3.8) is 0 Å². The third-order valence-corrected chi connectivity index (χ3v) is 8.05. The zero-order valence-electron chi connectivity index (χ0n) is 30.8. The lowest BCUT2D eigenvalue weighted by Gasteiger charge is -2.41. The summed E-state index contributed by atoms with van der Waals surface area (Å²) in [7, 11) is -5.05. The van der Waals surface area contributed by atoms with Gasteiger partial charge in [-0.15, -0.1) is 0 Å². The number of aliphatic hydroxyl groups excluding tert-OH is 3. The molecular formula is C39H62O12S. The van der Waals surface area contributed by atoms with Crippen LogP contribution in [-0.2, 0) is 38.3 Å². The van der Waals surface area contributed by atoms with Crippen molar-refractivity contribution >= 4 is 16.4 Å². The molecule has 0 amide bonds. The van der Waals surface area contributed by atoms with E-state index in [1.165, 1.54) is 6.92 Å². The monoisotopic (exact) mass is 754 g/mol. The summed E-state index contributed by atoms with van der Waals surface area (Å²) in [6.07, 6.45) is 33.2. The van der Waals surface area contributed by atoms with Crippen molar-refractivity contribution in [3.05, 3.63) is 85.1 Å². The predicted octanol–water partition coefficient (Wildman–Crippen LogP) is 6.17. The second kappa shape index (κ2) is 30.7. The number of esters is 1. The van der Waals surface area contributed by atoms with E-state index in [0.29, 0.717) is 6.61 Å². The van der Waals surface area contributed by atoms with E-state index < -0.39 is 59.8 Å². The molecule has 52 heavy (non-hydrogen) atoms. The zero-order valence-corrected chi connectivity index (χ0v) is 31.6. The van der Waals surface area contributed by atoms with E-state index in [9.17, 15) is 28.5 Å². The second-order valence-corrected chi connectivity index (χ2v) is 13.2. The van der Waals surface area contributed by atoms with Crippen LogP contribution in [0.1, 0.15) is 90.9 Å². The molecule has 0 bridgehead atoms. The fourth-order valence-corrected chi connectivity index (χ4v) is 5.45. The van der Waals surface area contributed by atoms with Gasteiger partial charge in [0.25, 0.3) is 0 Å².